The van der Waals surface area contributed by atoms with Gasteiger partial charge in [0.25, 0.3) is 0 Å². The summed E-state index contributed by atoms with van der Waals surface area (Å²) in [7, 11) is 1.61. The number of nitrogens with two attached hydrogens (primary N) is 1. The highest BCUT2D eigenvalue weighted by Gasteiger charge is 2.53. The van der Waals surface area contributed by atoms with Gasteiger partial charge in [0.2, 0.25) is 0 Å². The van der Waals surface area contributed by atoms with Crippen molar-refractivity contribution < 1.29 is 22.6 Å². The molecule has 3 aromatic rings. The highest BCUT2D eigenvalue weighted by molar-refractivity contribution is 6.58. The average molecular weight is 473 g/mol. The zero-order chi connectivity index (χ0) is 24.6. The summed E-state index contributed by atoms with van der Waals surface area (Å²) in [6, 6.07) is 18.2. The standard InChI is InChI=1S/C27H26BF2N3O2/c1-19-17-21(33-27(19)25(14-15-31)26-7-4-16-32(26)28(33,29)30)11-8-20-9-12-22(13-10-20)35-24-6-3-5-23(18-24)34-2/h3-13,16-18H,14-15,31H2,1-2H3/b11-8+. The molecule has 2 aliphatic rings. The van der Waals surface area contributed by atoms with E-state index < -0.39 is 6.97 Å². The van der Waals surface area contributed by atoms with Crippen molar-refractivity contribution in [1.29, 1.82) is 0 Å². The molecule has 0 radical (unpaired) electrons. The van der Waals surface area contributed by atoms with E-state index in [1.165, 1.54) is 10.7 Å². The summed E-state index contributed by atoms with van der Waals surface area (Å²) < 4.78 is 44.6. The number of nitrogens with zero attached hydrogens (tertiary/aromatic N) is 2. The zero-order valence-electron chi connectivity index (χ0n) is 19.6. The van der Waals surface area contributed by atoms with E-state index in [1.807, 2.05) is 61.5 Å². The Kier molecular flexibility index (Phi) is 5.90. The van der Waals surface area contributed by atoms with Gasteiger partial charge in [-0.05, 0) is 74.1 Å². The Bertz CT molecular complexity index is 1400. The van der Waals surface area contributed by atoms with Crippen LogP contribution in [0.2, 0.25) is 0 Å². The molecule has 2 N–H and O–H groups in total. The Morgan fingerprint density at radius 2 is 1.77 bits per heavy atom. The Hall–Kier alpha value is -3.91. The summed E-state index contributed by atoms with van der Waals surface area (Å²) in [5.41, 5.74) is 9.91. The van der Waals surface area contributed by atoms with E-state index in [0.717, 1.165) is 21.2 Å². The Morgan fingerprint density at radius 1 is 1.00 bits per heavy atom. The van der Waals surface area contributed by atoms with Gasteiger partial charge in [0.1, 0.15) is 17.2 Å². The first-order valence-corrected chi connectivity index (χ1v) is 11.5. The lowest BCUT2D eigenvalue weighted by atomic mass is 9.86. The quantitative estimate of drug-likeness (QED) is 0.447. The zero-order valence-corrected chi connectivity index (χ0v) is 19.6. The van der Waals surface area contributed by atoms with Crippen LogP contribution in [0.1, 0.15) is 24.6 Å². The summed E-state index contributed by atoms with van der Waals surface area (Å²) in [5, 5.41) is 0. The third-order valence-corrected chi connectivity index (χ3v) is 6.27. The van der Waals surface area contributed by atoms with Crippen molar-refractivity contribution in [1.82, 2.24) is 4.48 Å². The summed E-state index contributed by atoms with van der Waals surface area (Å²) in [4.78, 5) is 0. The maximum atomic E-state index is 15.6. The van der Waals surface area contributed by atoms with Gasteiger partial charge < -0.3 is 32.8 Å². The fraction of sp³-hybridized carbons (Fsp3) is 0.148. The lowest BCUT2D eigenvalue weighted by Crippen LogP contribution is -2.50. The van der Waals surface area contributed by atoms with Gasteiger partial charge in [-0.25, -0.2) is 0 Å². The lowest BCUT2D eigenvalue weighted by molar-refractivity contribution is -0.362. The molecule has 3 heterocycles. The first-order chi connectivity index (χ1) is 16.9. The Balaban J connectivity index is 1.44. The molecule has 35 heavy (non-hydrogen) atoms. The molecule has 178 valence electrons. The number of aromatic nitrogens is 1. The van der Waals surface area contributed by atoms with Crippen LogP contribution in [-0.4, -0.2) is 35.3 Å². The summed E-state index contributed by atoms with van der Waals surface area (Å²) >= 11 is 0. The van der Waals surface area contributed by atoms with Crippen molar-refractivity contribution in [3.8, 4) is 17.2 Å². The molecule has 2 aliphatic heterocycles. The van der Waals surface area contributed by atoms with Crippen molar-refractivity contribution in [3.63, 3.8) is 0 Å². The lowest BCUT2D eigenvalue weighted by Gasteiger charge is -2.32. The van der Waals surface area contributed by atoms with Crippen LogP contribution < -0.4 is 15.2 Å². The molecule has 0 bridgehead atoms. The Morgan fingerprint density at radius 3 is 2.51 bits per heavy atom. The molecule has 0 saturated carbocycles. The highest BCUT2D eigenvalue weighted by Crippen LogP contribution is 2.40. The smallest absolute Gasteiger partial charge is 0.497 e. The van der Waals surface area contributed by atoms with Gasteiger partial charge in [-0.3, -0.25) is 0 Å². The maximum Gasteiger partial charge on any atom is 0.737 e. The van der Waals surface area contributed by atoms with Crippen molar-refractivity contribution in [3.05, 3.63) is 102 Å². The maximum absolute atomic E-state index is 15.6. The van der Waals surface area contributed by atoms with Gasteiger partial charge in [-0.15, -0.1) is 0 Å². The molecule has 5 nitrogen and oxygen atoms in total. The van der Waals surface area contributed by atoms with E-state index in [0.29, 0.717) is 47.3 Å². The second-order valence-electron chi connectivity index (χ2n) is 8.56. The number of hydrogen-bond donors (Lipinski definition) is 1. The molecule has 0 unspecified atom stereocenters. The number of hydrogen-bond acceptors (Lipinski definition) is 3. The number of fused-ring (bicyclic) bond motifs is 2. The molecule has 0 spiro atoms. The third kappa shape index (κ3) is 4.10. The molecular formula is C27H26BF2N3O2. The number of ether oxygens (including phenoxy) is 2. The fourth-order valence-corrected chi connectivity index (χ4v) is 4.71. The predicted octanol–water partition coefficient (Wildman–Crippen LogP) is 5.71. The normalized spacial score (nSPS) is 16.4. The van der Waals surface area contributed by atoms with Gasteiger partial charge in [-0.1, -0.05) is 18.2 Å². The van der Waals surface area contributed by atoms with Crippen LogP contribution in [0, 0.1) is 0 Å². The molecule has 0 fully saturated rings. The fourth-order valence-electron chi connectivity index (χ4n) is 4.71. The van der Waals surface area contributed by atoms with E-state index >= 15 is 8.63 Å². The second kappa shape index (κ2) is 9.04. The second-order valence-corrected chi connectivity index (χ2v) is 8.56. The van der Waals surface area contributed by atoms with E-state index in [1.54, 1.807) is 31.4 Å². The van der Waals surface area contributed by atoms with E-state index in [-0.39, 0.29) is 0 Å². The van der Waals surface area contributed by atoms with Crippen LogP contribution in [-0.2, 0) is 0 Å². The molecule has 0 aliphatic carbocycles. The SMILES string of the molecule is COc1cccc(Oc2ccc(/C=C/C3=[N+]4C(=C(CCN)c5cccn5[B-]4(F)F)C(C)=C3)cc2)c1. The first kappa shape index (κ1) is 22.9. The van der Waals surface area contributed by atoms with Gasteiger partial charge in [0.05, 0.1) is 7.11 Å². The largest absolute Gasteiger partial charge is 0.737 e. The number of allylic oxidation sites excluding steroid dienone is 3. The minimum atomic E-state index is -4.02. The highest BCUT2D eigenvalue weighted by atomic mass is 19.2. The molecule has 0 atom stereocenters. The van der Waals surface area contributed by atoms with Crippen molar-refractivity contribution >= 4 is 24.3 Å². The molecule has 0 amide bonds. The van der Waals surface area contributed by atoms with Gasteiger partial charge in [0.15, 0.2) is 11.4 Å². The third-order valence-electron chi connectivity index (χ3n) is 6.27. The number of rotatable bonds is 7. The van der Waals surface area contributed by atoms with Crippen LogP contribution in [0.5, 0.6) is 17.2 Å². The van der Waals surface area contributed by atoms with Crippen LogP contribution in [0.4, 0.5) is 8.63 Å². The molecule has 5 rings (SSSR count). The number of methoxy groups -OCH3 is 1. The van der Waals surface area contributed by atoms with Gasteiger partial charge in [-0.2, -0.15) is 0 Å². The summed E-state index contributed by atoms with van der Waals surface area (Å²) in [6.07, 6.45) is 7.35. The van der Waals surface area contributed by atoms with E-state index in [4.69, 9.17) is 15.2 Å². The minimum Gasteiger partial charge on any atom is -0.497 e. The van der Waals surface area contributed by atoms with Crippen LogP contribution in [0.15, 0.2) is 90.3 Å². The van der Waals surface area contributed by atoms with Gasteiger partial charge in [0, 0.05) is 35.1 Å². The van der Waals surface area contributed by atoms with Crippen LogP contribution >= 0.6 is 0 Å². The first-order valence-electron chi connectivity index (χ1n) is 11.5. The molecule has 1 aromatic heterocycles. The van der Waals surface area contributed by atoms with Crippen molar-refractivity contribution in [2.75, 3.05) is 13.7 Å². The van der Waals surface area contributed by atoms with Crippen molar-refractivity contribution in [2.45, 2.75) is 13.3 Å². The average Bonchev–Trinajstić information content (AvgIpc) is 3.48. The molecule has 2 aromatic carbocycles. The number of halogens is 2. The van der Waals surface area contributed by atoms with Crippen LogP contribution in [0.25, 0.3) is 11.6 Å². The Labute approximate surface area is 203 Å². The minimum absolute atomic E-state index is 0.388. The topological polar surface area (TPSA) is 52.4 Å². The predicted molar refractivity (Wildman–Crippen MR) is 136 cm³/mol. The van der Waals surface area contributed by atoms with E-state index in [9.17, 15) is 0 Å². The molecular weight excluding hydrogens is 447 g/mol. The van der Waals surface area contributed by atoms with Crippen molar-refractivity contribution in [2.24, 2.45) is 5.73 Å². The monoisotopic (exact) mass is 473 g/mol. The molecule has 8 heteroatoms. The van der Waals surface area contributed by atoms with Gasteiger partial charge >= 0.3 is 6.97 Å². The molecule has 0 saturated heterocycles. The van der Waals surface area contributed by atoms with Crippen LogP contribution in [0.3, 0.4) is 0 Å². The summed E-state index contributed by atoms with van der Waals surface area (Å²) in [5.74, 6) is 2.05. The van der Waals surface area contributed by atoms with E-state index in [2.05, 4.69) is 0 Å². The summed E-state index contributed by atoms with van der Waals surface area (Å²) in [6.45, 7) is -1.76. The number of benzene rings is 2.